The van der Waals surface area contributed by atoms with Crippen molar-refractivity contribution in [2.75, 3.05) is 27.2 Å². The lowest BCUT2D eigenvalue weighted by molar-refractivity contribution is -0.926. The van der Waals surface area contributed by atoms with Crippen LogP contribution in [0.1, 0.15) is 18.0 Å². The predicted molar refractivity (Wildman–Crippen MR) is 75.9 cm³/mol. The highest BCUT2D eigenvalue weighted by molar-refractivity contribution is 6.30. The summed E-state index contributed by atoms with van der Waals surface area (Å²) in [6.07, 6.45) is 5.26. The van der Waals surface area contributed by atoms with Crippen molar-refractivity contribution in [3.05, 3.63) is 47.0 Å². The molecule has 0 aromatic heterocycles. The first-order chi connectivity index (χ1) is 9.07. The molecular weight excluding hydrogens is 262 g/mol. The molecule has 1 heterocycles. The molecule has 0 radical (unpaired) electrons. The first kappa shape index (κ1) is 14.1. The molecule has 1 aromatic carbocycles. The van der Waals surface area contributed by atoms with Crippen LogP contribution in [-0.2, 0) is 9.53 Å². The number of ether oxygens (including phenoxy) is 1. The van der Waals surface area contributed by atoms with Crippen molar-refractivity contribution in [2.45, 2.75) is 12.5 Å². The number of likely N-dealkylation sites (N-methyl/N-ethyl adjacent to an activating group) is 1. The Morgan fingerprint density at radius 3 is 2.79 bits per heavy atom. The Morgan fingerprint density at radius 2 is 2.21 bits per heavy atom. The van der Waals surface area contributed by atoms with Crippen LogP contribution in [0, 0.1) is 0 Å². The number of hydrogen-bond donors (Lipinski definition) is 0. The van der Waals surface area contributed by atoms with Crippen molar-refractivity contribution in [1.29, 1.82) is 0 Å². The Kier molecular flexibility index (Phi) is 4.27. The minimum Gasteiger partial charge on any atom is -0.464 e. The fourth-order valence-corrected chi connectivity index (χ4v) is 2.87. The van der Waals surface area contributed by atoms with Crippen LogP contribution in [0.4, 0.5) is 0 Å². The molecule has 1 aliphatic heterocycles. The summed E-state index contributed by atoms with van der Waals surface area (Å²) in [6.45, 7) is 1.75. The van der Waals surface area contributed by atoms with Gasteiger partial charge in [-0.15, -0.1) is 0 Å². The molecule has 0 bridgehead atoms. The quantitative estimate of drug-likeness (QED) is 0.483. The number of halogens is 1. The van der Waals surface area contributed by atoms with E-state index in [2.05, 4.69) is 19.2 Å². The van der Waals surface area contributed by atoms with Gasteiger partial charge < -0.3 is 9.22 Å². The molecule has 2 rings (SSSR count). The van der Waals surface area contributed by atoms with Crippen LogP contribution in [0.25, 0.3) is 0 Å². The zero-order valence-electron chi connectivity index (χ0n) is 11.3. The molecule has 0 spiro atoms. The molecule has 102 valence electrons. The average molecular weight is 281 g/mol. The topological polar surface area (TPSA) is 26.3 Å². The van der Waals surface area contributed by atoms with E-state index in [1.54, 1.807) is 0 Å². The second-order valence-electron chi connectivity index (χ2n) is 5.13. The number of carbonyl (C=O) groups excluding carboxylic acids is 1. The van der Waals surface area contributed by atoms with E-state index in [0.717, 1.165) is 25.1 Å². The van der Waals surface area contributed by atoms with Crippen molar-refractivity contribution in [2.24, 2.45) is 0 Å². The number of hydrogen-bond acceptors (Lipinski definition) is 2. The molecule has 0 saturated carbocycles. The SMILES string of the molecule is COC(=O)C(c1cccc(Cl)c1)[N+]1(C)CC=CCC1. The Bertz CT molecular complexity index is 501. The van der Waals surface area contributed by atoms with Gasteiger partial charge in [0, 0.05) is 17.0 Å². The molecule has 0 N–H and O–H groups in total. The number of benzene rings is 1. The van der Waals surface area contributed by atoms with Crippen LogP contribution in [0.2, 0.25) is 5.02 Å². The van der Waals surface area contributed by atoms with Gasteiger partial charge in [0.05, 0.1) is 27.2 Å². The smallest absolute Gasteiger partial charge is 0.369 e. The van der Waals surface area contributed by atoms with Gasteiger partial charge in [-0.25, -0.2) is 4.79 Å². The standard InChI is InChI=1S/C15H19ClNO2/c1-17(9-4-3-5-10-17)14(15(18)19-2)12-7-6-8-13(16)11-12/h3-4,6-8,11,14H,5,9-10H2,1-2H3/q+1. The van der Waals surface area contributed by atoms with Gasteiger partial charge in [0.1, 0.15) is 0 Å². The highest BCUT2D eigenvalue weighted by Crippen LogP contribution is 2.31. The Labute approximate surface area is 119 Å². The highest BCUT2D eigenvalue weighted by Gasteiger charge is 2.40. The van der Waals surface area contributed by atoms with E-state index in [4.69, 9.17) is 16.3 Å². The normalized spacial score (nSPS) is 23.9. The van der Waals surface area contributed by atoms with E-state index in [-0.39, 0.29) is 12.0 Å². The minimum absolute atomic E-state index is 0.208. The van der Waals surface area contributed by atoms with Crippen LogP contribution < -0.4 is 0 Å². The van der Waals surface area contributed by atoms with Gasteiger partial charge in [-0.2, -0.15) is 0 Å². The van der Waals surface area contributed by atoms with E-state index in [1.165, 1.54) is 7.11 Å². The van der Waals surface area contributed by atoms with Crippen LogP contribution in [0.5, 0.6) is 0 Å². The molecule has 4 heteroatoms. The fourth-order valence-electron chi connectivity index (χ4n) is 2.67. The van der Waals surface area contributed by atoms with Gasteiger partial charge in [0.2, 0.25) is 6.04 Å². The maximum absolute atomic E-state index is 12.2. The lowest BCUT2D eigenvalue weighted by Gasteiger charge is -2.40. The van der Waals surface area contributed by atoms with Crippen molar-refractivity contribution >= 4 is 17.6 Å². The summed E-state index contributed by atoms with van der Waals surface area (Å²) in [5.74, 6) is -0.208. The van der Waals surface area contributed by atoms with Crippen LogP contribution >= 0.6 is 11.6 Å². The fraction of sp³-hybridized carbons (Fsp3) is 0.400. The molecule has 19 heavy (non-hydrogen) atoms. The zero-order chi connectivity index (χ0) is 13.9. The highest BCUT2D eigenvalue weighted by atomic mass is 35.5. The van der Waals surface area contributed by atoms with E-state index < -0.39 is 0 Å². The van der Waals surface area contributed by atoms with Crippen LogP contribution in [-0.4, -0.2) is 37.7 Å². The van der Waals surface area contributed by atoms with Gasteiger partial charge in [-0.3, -0.25) is 0 Å². The molecule has 0 amide bonds. The second-order valence-corrected chi connectivity index (χ2v) is 5.56. The minimum atomic E-state index is -0.325. The molecular formula is C15H19ClNO2+. The van der Waals surface area contributed by atoms with Crippen molar-refractivity contribution in [3.8, 4) is 0 Å². The summed E-state index contributed by atoms with van der Waals surface area (Å²) in [7, 11) is 3.53. The number of esters is 1. The number of methoxy groups -OCH3 is 1. The largest absolute Gasteiger partial charge is 0.464 e. The molecule has 0 fully saturated rings. The molecule has 0 saturated heterocycles. The van der Waals surface area contributed by atoms with Crippen molar-refractivity contribution in [1.82, 2.24) is 0 Å². The maximum atomic E-state index is 12.2. The first-order valence-electron chi connectivity index (χ1n) is 6.39. The molecule has 0 aliphatic carbocycles. The van der Waals surface area contributed by atoms with Gasteiger partial charge in [-0.1, -0.05) is 29.8 Å². The third-order valence-corrected chi connectivity index (χ3v) is 3.94. The molecule has 3 nitrogen and oxygen atoms in total. The Morgan fingerprint density at radius 1 is 1.42 bits per heavy atom. The summed E-state index contributed by atoms with van der Waals surface area (Å²) < 4.78 is 5.63. The lowest BCUT2D eigenvalue weighted by Crippen LogP contribution is -2.52. The Hall–Kier alpha value is -1.32. The van der Waals surface area contributed by atoms with E-state index in [9.17, 15) is 4.79 Å². The van der Waals surface area contributed by atoms with E-state index in [0.29, 0.717) is 9.51 Å². The van der Waals surface area contributed by atoms with Crippen LogP contribution in [0.3, 0.4) is 0 Å². The van der Waals surface area contributed by atoms with Crippen molar-refractivity contribution in [3.63, 3.8) is 0 Å². The molecule has 1 aromatic rings. The second kappa shape index (κ2) is 5.76. The number of rotatable bonds is 3. The summed E-state index contributed by atoms with van der Waals surface area (Å²) in [5, 5.41) is 0.644. The van der Waals surface area contributed by atoms with Gasteiger partial charge >= 0.3 is 5.97 Å². The number of quaternary nitrogens is 1. The third kappa shape index (κ3) is 2.99. The third-order valence-electron chi connectivity index (χ3n) is 3.71. The van der Waals surface area contributed by atoms with Crippen LogP contribution in [0.15, 0.2) is 36.4 Å². The zero-order valence-corrected chi connectivity index (χ0v) is 12.1. The van der Waals surface area contributed by atoms with Gasteiger partial charge in [0.15, 0.2) is 0 Å². The molecule has 2 atom stereocenters. The number of carbonyl (C=O) groups is 1. The van der Waals surface area contributed by atoms with E-state index >= 15 is 0 Å². The van der Waals surface area contributed by atoms with E-state index in [1.807, 2.05) is 24.3 Å². The Balaban J connectivity index is 2.41. The monoisotopic (exact) mass is 280 g/mol. The predicted octanol–water partition coefficient (Wildman–Crippen LogP) is 2.96. The molecule has 2 unspecified atom stereocenters. The number of nitrogens with zero attached hydrogens (tertiary/aromatic N) is 1. The lowest BCUT2D eigenvalue weighted by atomic mass is 10.0. The maximum Gasteiger partial charge on any atom is 0.369 e. The first-order valence-corrected chi connectivity index (χ1v) is 6.77. The summed E-state index contributed by atoms with van der Waals surface area (Å²) in [6, 6.07) is 7.16. The summed E-state index contributed by atoms with van der Waals surface area (Å²) in [5.41, 5.74) is 0.914. The molecule has 1 aliphatic rings. The van der Waals surface area contributed by atoms with Gasteiger partial charge in [0.25, 0.3) is 0 Å². The van der Waals surface area contributed by atoms with Gasteiger partial charge in [-0.05, 0) is 18.2 Å². The van der Waals surface area contributed by atoms with Crippen molar-refractivity contribution < 1.29 is 14.0 Å². The summed E-state index contributed by atoms with van der Waals surface area (Å²) >= 11 is 6.05. The average Bonchev–Trinajstić information content (AvgIpc) is 2.39. The summed E-state index contributed by atoms with van der Waals surface area (Å²) in [4.78, 5) is 12.2.